The molecule has 0 saturated heterocycles. The van der Waals surface area contributed by atoms with Gasteiger partial charge in [-0.1, -0.05) is 47.1 Å². The number of carbonyl (C=O) groups excluding carboxylic acids is 1. The molecule has 1 aliphatic heterocycles. The summed E-state index contributed by atoms with van der Waals surface area (Å²) in [6.45, 7) is 0.593. The smallest absolute Gasteiger partial charge is 0.289 e. The van der Waals surface area contributed by atoms with Crippen LogP contribution in [0.2, 0.25) is 5.02 Å². The van der Waals surface area contributed by atoms with E-state index < -0.39 is 0 Å². The summed E-state index contributed by atoms with van der Waals surface area (Å²) in [7, 11) is 0. The molecule has 5 nitrogen and oxygen atoms in total. The van der Waals surface area contributed by atoms with Crippen LogP contribution in [0.1, 0.15) is 28.1 Å². The molecule has 148 valence electrons. The lowest BCUT2D eigenvalue weighted by Gasteiger charge is -2.24. The first-order valence-electron chi connectivity index (χ1n) is 9.15. The molecule has 0 fully saturated rings. The molecule has 1 atom stereocenters. The van der Waals surface area contributed by atoms with Gasteiger partial charge in [0.1, 0.15) is 5.82 Å². The standard InChI is InChI=1S/C22H18ClFN2O3/c23-19-5-2-1-4-18(19)20-12-17(29-25-20)14-26(22(27)21-6-3-11-28-21)13-15-7-9-16(24)10-8-15/h1-11,17H,12-14H2/t17-/m1/s1. The summed E-state index contributed by atoms with van der Waals surface area (Å²) in [6, 6.07) is 16.7. The molecule has 1 amide bonds. The van der Waals surface area contributed by atoms with Crippen LogP contribution >= 0.6 is 11.6 Å². The van der Waals surface area contributed by atoms with E-state index in [1.165, 1.54) is 18.4 Å². The summed E-state index contributed by atoms with van der Waals surface area (Å²) in [4.78, 5) is 20.1. The molecule has 2 heterocycles. The number of carbonyl (C=O) groups is 1. The third-order valence-corrected chi connectivity index (χ3v) is 4.98. The highest BCUT2D eigenvalue weighted by molar-refractivity contribution is 6.34. The fourth-order valence-electron chi connectivity index (χ4n) is 3.21. The van der Waals surface area contributed by atoms with Gasteiger partial charge in [-0.15, -0.1) is 0 Å². The molecule has 0 bridgehead atoms. The van der Waals surface area contributed by atoms with Gasteiger partial charge in [0.2, 0.25) is 0 Å². The minimum absolute atomic E-state index is 0.234. The first kappa shape index (κ1) is 19.2. The maximum atomic E-state index is 13.2. The lowest BCUT2D eigenvalue weighted by atomic mass is 10.0. The van der Waals surface area contributed by atoms with Gasteiger partial charge in [-0.3, -0.25) is 4.79 Å². The summed E-state index contributed by atoms with van der Waals surface area (Å²) < 4.78 is 18.5. The van der Waals surface area contributed by atoms with Gasteiger partial charge in [0.25, 0.3) is 5.91 Å². The first-order valence-corrected chi connectivity index (χ1v) is 9.53. The van der Waals surface area contributed by atoms with E-state index in [4.69, 9.17) is 20.9 Å². The zero-order chi connectivity index (χ0) is 20.2. The van der Waals surface area contributed by atoms with E-state index in [1.54, 1.807) is 35.2 Å². The second-order valence-corrected chi connectivity index (χ2v) is 7.15. The SMILES string of the molecule is O=C(c1ccco1)N(Cc1ccc(F)cc1)C[C@H]1CC(c2ccccc2Cl)=NO1. The third-order valence-electron chi connectivity index (χ3n) is 4.65. The van der Waals surface area contributed by atoms with Crippen molar-refractivity contribution in [1.82, 2.24) is 4.90 Å². The second kappa shape index (κ2) is 8.49. The molecule has 0 radical (unpaired) electrons. The Kier molecular flexibility index (Phi) is 5.62. The normalized spacial score (nSPS) is 15.7. The van der Waals surface area contributed by atoms with Gasteiger partial charge in [-0.05, 0) is 35.9 Å². The molecule has 1 aromatic heterocycles. The first-order chi connectivity index (χ1) is 14.1. The van der Waals surface area contributed by atoms with Gasteiger partial charge >= 0.3 is 0 Å². The Morgan fingerprint density at radius 1 is 1.14 bits per heavy atom. The van der Waals surface area contributed by atoms with Crippen LogP contribution < -0.4 is 0 Å². The number of oxime groups is 1. The molecule has 1 aliphatic rings. The second-order valence-electron chi connectivity index (χ2n) is 6.74. The third kappa shape index (κ3) is 4.49. The van der Waals surface area contributed by atoms with E-state index in [-0.39, 0.29) is 23.6 Å². The zero-order valence-electron chi connectivity index (χ0n) is 15.4. The van der Waals surface area contributed by atoms with Crippen LogP contribution in [-0.2, 0) is 11.4 Å². The quantitative estimate of drug-likeness (QED) is 0.578. The Labute approximate surface area is 172 Å². The molecule has 0 spiro atoms. The highest BCUT2D eigenvalue weighted by Gasteiger charge is 2.29. The van der Waals surface area contributed by atoms with Crippen molar-refractivity contribution >= 4 is 23.2 Å². The predicted octanol–water partition coefficient (Wildman–Crippen LogP) is 4.91. The van der Waals surface area contributed by atoms with Crippen molar-refractivity contribution in [2.24, 2.45) is 5.16 Å². The van der Waals surface area contributed by atoms with Crippen molar-refractivity contribution in [3.63, 3.8) is 0 Å². The predicted molar refractivity (Wildman–Crippen MR) is 107 cm³/mol. The van der Waals surface area contributed by atoms with Crippen LogP contribution in [-0.4, -0.2) is 29.2 Å². The van der Waals surface area contributed by atoms with Crippen LogP contribution in [0, 0.1) is 5.82 Å². The van der Waals surface area contributed by atoms with Crippen LogP contribution in [0.5, 0.6) is 0 Å². The van der Waals surface area contributed by atoms with Gasteiger partial charge in [0.15, 0.2) is 11.9 Å². The lowest BCUT2D eigenvalue weighted by Crippen LogP contribution is -2.37. The van der Waals surface area contributed by atoms with E-state index in [0.29, 0.717) is 24.5 Å². The van der Waals surface area contributed by atoms with E-state index in [9.17, 15) is 9.18 Å². The van der Waals surface area contributed by atoms with Gasteiger partial charge in [-0.25, -0.2) is 4.39 Å². The van der Waals surface area contributed by atoms with E-state index in [0.717, 1.165) is 16.8 Å². The number of hydrogen-bond acceptors (Lipinski definition) is 4. The maximum absolute atomic E-state index is 13.2. The number of halogens is 2. The zero-order valence-corrected chi connectivity index (χ0v) is 16.2. The van der Waals surface area contributed by atoms with Gasteiger partial charge < -0.3 is 14.2 Å². The fraction of sp³-hybridized carbons (Fsp3) is 0.182. The molecule has 0 saturated carbocycles. The number of furan rings is 1. The molecule has 2 aromatic carbocycles. The average Bonchev–Trinajstić information content (AvgIpc) is 3.41. The summed E-state index contributed by atoms with van der Waals surface area (Å²) in [5.41, 5.74) is 2.36. The number of amides is 1. The molecule has 29 heavy (non-hydrogen) atoms. The highest BCUT2D eigenvalue weighted by atomic mass is 35.5. The highest BCUT2D eigenvalue weighted by Crippen LogP contribution is 2.24. The average molecular weight is 413 g/mol. The van der Waals surface area contributed by atoms with Gasteiger partial charge in [-0.2, -0.15) is 0 Å². The van der Waals surface area contributed by atoms with E-state index >= 15 is 0 Å². The number of nitrogens with zero attached hydrogens (tertiary/aromatic N) is 2. The Balaban J connectivity index is 1.49. The molecule has 4 rings (SSSR count). The van der Waals surface area contributed by atoms with Crippen molar-refractivity contribution in [3.8, 4) is 0 Å². The molecular weight excluding hydrogens is 395 g/mol. The molecular formula is C22H18ClFN2O3. The van der Waals surface area contributed by atoms with Gasteiger partial charge in [0.05, 0.1) is 18.5 Å². The van der Waals surface area contributed by atoms with Crippen LogP contribution in [0.3, 0.4) is 0 Å². The van der Waals surface area contributed by atoms with E-state index in [2.05, 4.69) is 5.16 Å². The van der Waals surface area contributed by atoms with Crippen LogP contribution in [0.25, 0.3) is 0 Å². The topological polar surface area (TPSA) is 55.0 Å². The molecule has 3 aromatic rings. The number of benzene rings is 2. The molecule has 7 heteroatoms. The van der Waals surface area contributed by atoms with Crippen molar-refractivity contribution < 1.29 is 18.4 Å². The van der Waals surface area contributed by atoms with E-state index in [1.807, 2.05) is 18.2 Å². The van der Waals surface area contributed by atoms with Crippen LogP contribution in [0.4, 0.5) is 4.39 Å². The Morgan fingerprint density at radius 3 is 2.66 bits per heavy atom. The van der Waals surface area contributed by atoms with Crippen LogP contribution in [0.15, 0.2) is 76.5 Å². The fourth-order valence-corrected chi connectivity index (χ4v) is 3.46. The number of hydrogen-bond donors (Lipinski definition) is 0. The monoisotopic (exact) mass is 412 g/mol. The molecule has 0 unspecified atom stereocenters. The largest absolute Gasteiger partial charge is 0.459 e. The van der Waals surface area contributed by atoms with Crippen molar-refractivity contribution in [3.05, 3.63) is 94.7 Å². The summed E-state index contributed by atoms with van der Waals surface area (Å²) >= 11 is 6.25. The summed E-state index contributed by atoms with van der Waals surface area (Å²) in [5.74, 6) is -0.360. The minimum Gasteiger partial charge on any atom is -0.459 e. The molecule has 0 N–H and O–H groups in total. The lowest BCUT2D eigenvalue weighted by molar-refractivity contribution is 0.0387. The van der Waals surface area contributed by atoms with Crippen molar-refractivity contribution in [1.29, 1.82) is 0 Å². The summed E-state index contributed by atoms with van der Waals surface area (Å²) in [6.07, 6.45) is 1.66. The minimum atomic E-state index is -0.324. The Hall–Kier alpha value is -3.12. The number of rotatable bonds is 6. The van der Waals surface area contributed by atoms with Crippen molar-refractivity contribution in [2.45, 2.75) is 19.1 Å². The Bertz CT molecular complexity index is 1020. The molecule has 0 aliphatic carbocycles. The summed E-state index contributed by atoms with van der Waals surface area (Å²) in [5, 5.41) is 4.77. The maximum Gasteiger partial charge on any atom is 0.289 e. The Morgan fingerprint density at radius 2 is 1.93 bits per heavy atom. The van der Waals surface area contributed by atoms with Gasteiger partial charge in [0, 0.05) is 23.6 Å². The van der Waals surface area contributed by atoms with Crippen molar-refractivity contribution in [2.75, 3.05) is 6.54 Å².